The number of halogens is 1. The van der Waals surface area contributed by atoms with E-state index in [4.69, 9.17) is 14.2 Å². The summed E-state index contributed by atoms with van der Waals surface area (Å²) in [5.41, 5.74) is 0. The lowest BCUT2D eigenvalue weighted by Gasteiger charge is -2.22. The lowest BCUT2D eigenvalue weighted by Crippen LogP contribution is -2.25. The molecule has 1 saturated heterocycles. The summed E-state index contributed by atoms with van der Waals surface area (Å²) in [6.07, 6.45) is 3.84. The van der Waals surface area contributed by atoms with Crippen molar-refractivity contribution in [3.63, 3.8) is 0 Å². The molecule has 1 aromatic rings. The molecule has 100 valence electrons. The Bertz CT molecular complexity index is 333. The Hall–Kier alpha value is -0.580. The fourth-order valence-electron chi connectivity index (χ4n) is 1.90. The zero-order chi connectivity index (χ0) is 12.6. The second-order valence-corrected chi connectivity index (χ2v) is 5.28. The van der Waals surface area contributed by atoms with Gasteiger partial charge < -0.3 is 14.2 Å². The van der Waals surface area contributed by atoms with E-state index in [-0.39, 0.29) is 6.10 Å². The van der Waals surface area contributed by atoms with Crippen molar-refractivity contribution in [1.29, 1.82) is 0 Å². The van der Waals surface area contributed by atoms with Crippen molar-refractivity contribution >= 4 is 15.9 Å². The summed E-state index contributed by atoms with van der Waals surface area (Å²) >= 11 is 3.39. The van der Waals surface area contributed by atoms with Crippen LogP contribution < -0.4 is 4.74 Å². The zero-order valence-electron chi connectivity index (χ0n) is 10.4. The summed E-state index contributed by atoms with van der Waals surface area (Å²) < 4.78 is 17.8. The van der Waals surface area contributed by atoms with Gasteiger partial charge in [-0.2, -0.15) is 0 Å². The molecule has 0 saturated carbocycles. The maximum absolute atomic E-state index is 5.58. The van der Waals surface area contributed by atoms with Gasteiger partial charge in [-0.25, -0.2) is 0 Å². The number of hydrogen-bond donors (Lipinski definition) is 0. The van der Waals surface area contributed by atoms with Crippen LogP contribution in [0.25, 0.3) is 0 Å². The second-order valence-electron chi connectivity index (χ2n) is 4.37. The van der Waals surface area contributed by atoms with E-state index in [0.717, 1.165) is 23.2 Å². The van der Waals surface area contributed by atoms with Crippen molar-refractivity contribution in [2.24, 2.45) is 0 Å². The summed E-state index contributed by atoms with van der Waals surface area (Å²) in [6, 6.07) is 7.81. The second kappa shape index (κ2) is 7.77. The summed E-state index contributed by atoms with van der Waals surface area (Å²) in [5.74, 6) is 0.871. The van der Waals surface area contributed by atoms with E-state index >= 15 is 0 Å². The standard InChI is InChI=1S/C14H19BrO3/c15-12-4-6-13(7-5-12)18-10-9-16-11-14-3-1-2-8-17-14/h4-7,14H,1-3,8-11H2. The van der Waals surface area contributed by atoms with Crippen molar-refractivity contribution in [1.82, 2.24) is 0 Å². The fraction of sp³-hybridized carbons (Fsp3) is 0.571. The van der Waals surface area contributed by atoms with Gasteiger partial charge in [0.1, 0.15) is 12.4 Å². The van der Waals surface area contributed by atoms with Crippen molar-refractivity contribution in [2.75, 3.05) is 26.4 Å². The highest BCUT2D eigenvalue weighted by Crippen LogP contribution is 2.16. The van der Waals surface area contributed by atoms with Gasteiger partial charge in [0.2, 0.25) is 0 Å². The molecule has 2 rings (SSSR count). The third-order valence-corrected chi connectivity index (χ3v) is 3.42. The minimum atomic E-state index is 0.284. The molecule has 0 spiro atoms. The Morgan fingerprint density at radius 1 is 1.17 bits per heavy atom. The molecular formula is C14H19BrO3. The fourth-order valence-corrected chi connectivity index (χ4v) is 2.17. The Kier molecular flexibility index (Phi) is 5.97. The summed E-state index contributed by atoms with van der Waals surface area (Å²) in [4.78, 5) is 0. The van der Waals surface area contributed by atoms with Gasteiger partial charge in [-0.15, -0.1) is 0 Å². The number of benzene rings is 1. The number of ether oxygens (including phenoxy) is 3. The van der Waals surface area contributed by atoms with Crippen LogP contribution in [0.3, 0.4) is 0 Å². The molecule has 18 heavy (non-hydrogen) atoms. The van der Waals surface area contributed by atoms with Crippen LogP contribution in [0.2, 0.25) is 0 Å². The molecule has 0 bridgehead atoms. The maximum atomic E-state index is 5.58. The minimum absolute atomic E-state index is 0.284. The zero-order valence-corrected chi connectivity index (χ0v) is 12.0. The van der Waals surface area contributed by atoms with Gasteiger partial charge in [0.15, 0.2) is 0 Å². The van der Waals surface area contributed by atoms with Crippen LogP contribution in [-0.2, 0) is 9.47 Å². The molecule has 0 amide bonds. The van der Waals surface area contributed by atoms with E-state index in [1.807, 2.05) is 24.3 Å². The van der Waals surface area contributed by atoms with Crippen molar-refractivity contribution in [2.45, 2.75) is 25.4 Å². The SMILES string of the molecule is Brc1ccc(OCCOCC2CCCCO2)cc1. The van der Waals surface area contributed by atoms with E-state index in [0.29, 0.717) is 19.8 Å². The highest BCUT2D eigenvalue weighted by Gasteiger charge is 2.13. The Morgan fingerprint density at radius 2 is 2.00 bits per heavy atom. The molecule has 0 N–H and O–H groups in total. The van der Waals surface area contributed by atoms with Crippen molar-refractivity contribution in [3.8, 4) is 5.75 Å². The first kappa shape index (κ1) is 13.8. The molecule has 0 aromatic heterocycles. The number of hydrogen-bond acceptors (Lipinski definition) is 3. The van der Waals surface area contributed by atoms with Gasteiger partial charge in [0, 0.05) is 11.1 Å². The van der Waals surface area contributed by atoms with Crippen LogP contribution >= 0.6 is 15.9 Å². The van der Waals surface area contributed by atoms with Crippen LogP contribution in [0.5, 0.6) is 5.75 Å². The van der Waals surface area contributed by atoms with Crippen LogP contribution in [0.4, 0.5) is 0 Å². The Labute approximate surface area is 117 Å². The molecule has 1 aliphatic rings. The average molecular weight is 315 g/mol. The molecule has 4 heteroatoms. The van der Waals surface area contributed by atoms with Crippen LogP contribution in [0, 0.1) is 0 Å². The Balaban J connectivity index is 1.54. The number of rotatable bonds is 6. The molecule has 0 radical (unpaired) electrons. The third kappa shape index (κ3) is 4.96. The van der Waals surface area contributed by atoms with Gasteiger partial charge >= 0.3 is 0 Å². The van der Waals surface area contributed by atoms with Gasteiger partial charge in [0.05, 0.1) is 19.3 Å². The normalized spacial score (nSPS) is 19.7. The molecule has 1 aliphatic heterocycles. The Morgan fingerprint density at radius 3 is 2.72 bits per heavy atom. The van der Waals surface area contributed by atoms with E-state index in [2.05, 4.69) is 15.9 Å². The molecule has 1 heterocycles. The predicted molar refractivity (Wildman–Crippen MR) is 74.0 cm³/mol. The van der Waals surface area contributed by atoms with Crippen LogP contribution in [-0.4, -0.2) is 32.5 Å². The van der Waals surface area contributed by atoms with Gasteiger partial charge in [-0.05, 0) is 43.5 Å². The highest BCUT2D eigenvalue weighted by molar-refractivity contribution is 9.10. The highest BCUT2D eigenvalue weighted by atomic mass is 79.9. The lowest BCUT2D eigenvalue weighted by atomic mass is 10.1. The van der Waals surface area contributed by atoms with E-state index in [9.17, 15) is 0 Å². The summed E-state index contributed by atoms with van der Waals surface area (Å²) in [7, 11) is 0. The molecule has 0 aliphatic carbocycles. The first-order chi connectivity index (χ1) is 8.84. The van der Waals surface area contributed by atoms with Crippen LogP contribution in [0.15, 0.2) is 28.7 Å². The van der Waals surface area contributed by atoms with Crippen molar-refractivity contribution < 1.29 is 14.2 Å². The quantitative estimate of drug-likeness (QED) is 0.753. The average Bonchev–Trinajstić information content (AvgIpc) is 2.42. The first-order valence-corrected chi connectivity index (χ1v) is 7.21. The van der Waals surface area contributed by atoms with E-state index in [1.54, 1.807) is 0 Å². The first-order valence-electron chi connectivity index (χ1n) is 6.42. The van der Waals surface area contributed by atoms with Gasteiger partial charge in [-0.1, -0.05) is 15.9 Å². The molecular weight excluding hydrogens is 296 g/mol. The summed E-state index contributed by atoms with van der Waals surface area (Å²) in [6.45, 7) is 2.75. The monoisotopic (exact) mass is 314 g/mol. The van der Waals surface area contributed by atoms with Crippen LogP contribution in [0.1, 0.15) is 19.3 Å². The molecule has 1 atom stereocenters. The molecule has 1 unspecified atom stereocenters. The minimum Gasteiger partial charge on any atom is -0.491 e. The van der Waals surface area contributed by atoms with Gasteiger partial charge in [-0.3, -0.25) is 0 Å². The lowest BCUT2D eigenvalue weighted by molar-refractivity contribution is -0.0444. The molecule has 1 aromatic carbocycles. The topological polar surface area (TPSA) is 27.7 Å². The largest absolute Gasteiger partial charge is 0.491 e. The van der Waals surface area contributed by atoms with Crippen molar-refractivity contribution in [3.05, 3.63) is 28.7 Å². The predicted octanol–water partition coefficient (Wildman–Crippen LogP) is 3.41. The maximum Gasteiger partial charge on any atom is 0.119 e. The summed E-state index contributed by atoms with van der Waals surface area (Å²) in [5, 5.41) is 0. The van der Waals surface area contributed by atoms with E-state index in [1.165, 1.54) is 12.8 Å². The molecule has 1 fully saturated rings. The third-order valence-electron chi connectivity index (χ3n) is 2.89. The van der Waals surface area contributed by atoms with E-state index < -0.39 is 0 Å². The van der Waals surface area contributed by atoms with Gasteiger partial charge in [0.25, 0.3) is 0 Å². The smallest absolute Gasteiger partial charge is 0.119 e. The molecule has 3 nitrogen and oxygen atoms in total.